The highest BCUT2D eigenvalue weighted by Crippen LogP contribution is 2.21. The summed E-state index contributed by atoms with van der Waals surface area (Å²) in [6.45, 7) is 7.48. The van der Waals surface area contributed by atoms with Crippen LogP contribution in [0.1, 0.15) is 62.8 Å². The van der Waals surface area contributed by atoms with E-state index in [1.54, 1.807) is 20.8 Å². The van der Waals surface area contributed by atoms with E-state index in [1.807, 2.05) is 12.1 Å². The van der Waals surface area contributed by atoms with E-state index in [-0.39, 0.29) is 5.75 Å². The van der Waals surface area contributed by atoms with Gasteiger partial charge in [0.25, 0.3) is 0 Å². The van der Waals surface area contributed by atoms with Crippen LogP contribution in [0, 0.1) is 0 Å². The van der Waals surface area contributed by atoms with Crippen molar-refractivity contribution in [2.24, 2.45) is 0 Å². The normalized spacial score (nSPS) is 12.3. The second-order valence-corrected chi connectivity index (χ2v) is 10.9. The van der Waals surface area contributed by atoms with Gasteiger partial charge in [-0.15, -0.1) is 0 Å². The van der Waals surface area contributed by atoms with Gasteiger partial charge in [-0.3, -0.25) is 0 Å². The van der Waals surface area contributed by atoms with Crippen LogP contribution in [0.25, 0.3) is 0 Å². The number of aryl methyl sites for hydroxylation is 3. The zero-order chi connectivity index (χ0) is 19.2. The minimum atomic E-state index is -3.13. The molecule has 3 heteroatoms. The van der Waals surface area contributed by atoms with E-state index in [4.69, 9.17) is 0 Å². The van der Waals surface area contributed by atoms with E-state index in [0.29, 0.717) is 0 Å². The van der Waals surface area contributed by atoms with Gasteiger partial charge in [-0.1, -0.05) is 61.9 Å². The molecule has 0 saturated carbocycles. The molecule has 0 aliphatic rings. The van der Waals surface area contributed by atoms with Crippen LogP contribution in [-0.2, 0) is 34.9 Å². The molecular formula is C23H32O2S. The molecule has 0 spiro atoms. The largest absolute Gasteiger partial charge is 0.228 e. The Morgan fingerprint density at radius 1 is 0.692 bits per heavy atom. The lowest BCUT2D eigenvalue weighted by atomic mass is 10.0. The average Bonchev–Trinajstić information content (AvgIpc) is 2.59. The number of unbranched alkanes of at least 4 members (excludes halogenated alkanes) is 1. The maximum absolute atomic E-state index is 12.3. The fraction of sp³-hybridized carbons (Fsp3) is 0.478. The van der Waals surface area contributed by atoms with Gasteiger partial charge in [-0.25, -0.2) is 8.42 Å². The summed E-state index contributed by atoms with van der Waals surface area (Å²) in [6, 6.07) is 17.0. The predicted molar refractivity (Wildman–Crippen MR) is 111 cm³/mol. The predicted octanol–water partition coefficient (Wildman–Crippen LogP) is 5.53. The highest BCUT2D eigenvalue weighted by atomic mass is 32.2. The fourth-order valence-electron chi connectivity index (χ4n) is 2.78. The van der Waals surface area contributed by atoms with Crippen LogP contribution in [0.4, 0.5) is 0 Å². The van der Waals surface area contributed by atoms with Crippen molar-refractivity contribution in [2.75, 3.05) is 0 Å². The van der Waals surface area contributed by atoms with Crippen LogP contribution in [0.2, 0.25) is 0 Å². The lowest BCUT2D eigenvalue weighted by Crippen LogP contribution is -2.29. The van der Waals surface area contributed by atoms with Gasteiger partial charge in [0.05, 0.1) is 10.5 Å². The zero-order valence-electron chi connectivity index (χ0n) is 16.6. The van der Waals surface area contributed by atoms with E-state index in [1.165, 1.54) is 29.5 Å². The van der Waals surface area contributed by atoms with Crippen LogP contribution >= 0.6 is 0 Å². The summed E-state index contributed by atoms with van der Waals surface area (Å²) in [7, 11) is -3.13. The molecule has 2 aromatic rings. The molecule has 142 valence electrons. The molecule has 0 fully saturated rings. The Morgan fingerprint density at radius 3 is 1.46 bits per heavy atom. The minimum absolute atomic E-state index is 0.107. The summed E-state index contributed by atoms with van der Waals surface area (Å²) in [5, 5.41) is 0. The van der Waals surface area contributed by atoms with Crippen LogP contribution < -0.4 is 0 Å². The van der Waals surface area contributed by atoms with Gasteiger partial charge in [0.1, 0.15) is 0 Å². The molecule has 0 unspecified atom stereocenters. The SMILES string of the molecule is CCCCc1ccc(CCc2ccc(CS(=O)(=O)C(C)(C)C)cc2)cc1. The average molecular weight is 373 g/mol. The molecular weight excluding hydrogens is 340 g/mol. The first-order valence-corrected chi connectivity index (χ1v) is 11.2. The second kappa shape index (κ2) is 8.85. The highest BCUT2D eigenvalue weighted by molar-refractivity contribution is 7.91. The maximum Gasteiger partial charge on any atom is 0.159 e. The van der Waals surface area contributed by atoms with Crippen LogP contribution in [0.3, 0.4) is 0 Å². The lowest BCUT2D eigenvalue weighted by molar-refractivity contribution is 0.559. The molecule has 0 amide bonds. The van der Waals surface area contributed by atoms with Crippen LogP contribution in [0.15, 0.2) is 48.5 Å². The molecule has 0 saturated heterocycles. The summed E-state index contributed by atoms with van der Waals surface area (Å²) >= 11 is 0. The summed E-state index contributed by atoms with van der Waals surface area (Å²) in [4.78, 5) is 0. The zero-order valence-corrected chi connectivity index (χ0v) is 17.4. The first-order valence-electron chi connectivity index (χ1n) is 9.59. The Kier molecular flexibility index (Phi) is 7.05. The first kappa shape index (κ1) is 20.7. The highest BCUT2D eigenvalue weighted by Gasteiger charge is 2.28. The molecule has 2 aromatic carbocycles. The Hall–Kier alpha value is -1.61. The van der Waals surface area contributed by atoms with Gasteiger partial charge in [0.2, 0.25) is 0 Å². The van der Waals surface area contributed by atoms with E-state index >= 15 is 0 Å². The van der Waals surface area contributed by atoms with Crippen molar-refractivity contribution >= 4 is 9.84 Å². The third-order valence-corrected chi connectivity index (χ3v) is 7.44. The third-order valence-electron chi connectivity index (χ3n) is 4.86. The monoisotopic (exact) mass is 372 g/mol. The Bertz CT molecular complexity index is 780. The molecule has 0 N–H and O–H groups in total. The Morgan fingerprint density at radius 2 is 1.08 bits per heavy atom. The quantitative estimate of drug-likeness (QED) is 0.611. The first-order chi connectivity index (χ1) is 12.2. The standard InChI is InChI=1S/C23H32O2S/c1-5-6-7-19-8-10-20(11-9-19)12-13-21-14-16-22(17-15-21)18-26(24,25)23(2,3)4/h8-11,14-17H,5-7,12-13,18H2,1-4H3. The molecule has 2 rings (SSSR count). The van der Waals surface area contributed by atoms with E-state index in [9.17, 15) is 8.42 Å². The molecule has 26 heavy (non-hydrogen) atoms. The Balaban J connectivity index is 1.91. The van der Waals surface area contributed by atoms with Gasteiger partial charge >= 0.3 is 0 Å². The van der Waals surface area contributed by atoms with E-state index in [2.05, 4.69) is 43.3 Å². The molecule has 0 heterocycles. The van der Waals surface area contributed by atoms with Crippen molar-refractivity contribution in [3.05, 3.63) is 70.8 Å². The third kappa shape index (κ3) is 5.98. The van der Waals surface area contributed by atoms with Crippen molar-refractivity contribution in [3.8, 4) is 0 Å². The number of rotatable bonds is 8. The maximum atomic E-state index is 12.3. The Labute approximate surface area is 159 Å². The van der Waals surface area contributed by atoms with E-state index < -0.39 is 14.6 Å². The minimum Gasteiger partial charge on any atom is -0.228 e. The van der Waals surface area contributed by atoms with Gasteiger partial charge in [0.15, 0.2) is 9.84 Å². The number of hydrogen-bond donors (Lipinski definition) is 0. The smallest absolute Gasteiger partial charge is 0.159 e. The molecule has 0 aliphatic heterocycles. The van der Waals surface area contributed by atoms with Gasteiger partial charge in [-0.2, -0.15) is 0 Å². The molecule has 2 nitrogen and oxygen atoms in total. The number of benzene rings is 2. The molecule has 0 bridgehead atoms. The van der Waals surface area contributed by atoms with Crippen molar-refractivity contribution in [1.82, 2.24) is 0 Å². The number of hydrogen-bond acceptors (Lipinski definition) is 2. The number of sulfone groups is 1. The summed E-state index contributed by atoms with van der Waals surface area (Å²) in [5.74, 6) is 0.107. The second-order valence-electron chi connectivity index (χ2n) is 8.11. The molecule has 0 atom stereocenters. The van der Waals surface area contributed by atoms with Gasteiger partial charge in [-0.05, 0) is 68.7 Å². The fourth-order valence-corrected chi connectivity index (χ4v) is 3.84. The summed E-state index contributed by atoms with van der Waals surface area (Å²) in [5.41, 5.74) is 4.88. The summed E-state index contributed by atoms with van der Waals surface area (Å²) < 4.78 is 23.9. The van der Waals surface area contributed by atoms with Crippen LogP contribution in [0.5, 0.6) is 0 Å². The molecule has 0 aromatic heterocycles. The lowest BCUT2D eigenvalue weighted by Gasteiger charge is -2.19. The van der Waals surface area contributed by atoms with Crippen molar-refractivity contribution < 1.29 is 8.42 Å². The molecule has 0 radical (unpaired) electrons. The van der Waals surface area contributed by atoms with Crippen LogP contribution in [-0.4, -0.2) is 13.2 Å². The summed E-state index contributed by atoms with van der Waals surface area (Å²) in [6.07, 6.45) is 5.62. The van der Waals surface area contributed by atoms with Crippen molar-refractivity contribution in [3.63, 3.8) is 0 Å². The topological polar surface area (TPSA) is 34.1 Å². The van der Waals surface area contributed by atoms with Crippen molar-refractivity contribution in [1.29, 1.82) is 0 Å². The van der Waals surface area contributed by atoms with Gasteiger partial charge < -0.3 is 0 Å². The van der Waals surface area contributed by atoms with Crippen molar-refractivity contribution in [2.45, 2.75) is 70.3 Å². The van der Waals surface area contributed by atoms with Gasteiger partial charge in [0, 0.05) is 0 Å². The molecule has 0 aliphatic carbocycles. The van der Waals surface area contributed by atoms with E-state index in [0.717, 1.165) is 24.8 Å².